The first kappa shape index (κ1) is 17.3. The van der Waals surface area contributed by atoms with E-state index in [1.165, 1.54) is 4.88 Å². The van der Waals surface area contributed by atoms with Gasteiger partial charge in [0.05, 0.1) is 0 Å². The molecule has 2 atom stereocenters. The number of rotatable bonds is 3. The van der Waals surface area contributed by atoms with Crippen LogP contribution in [-0.2, 0) is 4.74 Å². The van der Waals surface area contributed by atoms with Crippen molar-refractivity contribution in [2.24, 2.45) is 0 Å². The molecule has 124 valence electrons. The molecule has 1 amide bonds. The molecular weight excluding hydrogens is 296 g/mol. The van der Waals surface area contributed by atoms with Crippen LogP contribution in [0.25, 0.3) is 0 Å². The van der Waals surface area contributed by atoms with Gasteiger partial charge in [-0.1, -0.05) is 6.07 Å². The fourth-order valence-electron chi connectivity index (χ4n) is 2.83. The van der Waals surface area contributed by atoms with Crippen molar-refractivity contribution >= 4 is 17.4 Å². The highest BCUT2D eigenvalue weighted by molar-refractivity contribution is 7.10. The maximum atomic E-state index is 12.3. The van der Waals surface area contributed by atoms with Crippen LogP contribution in [0, 0.1) is 0 Å². The zero-order chi connectivity index (χ0) is 16.3. The average Bonchev–Trinajstić information content (AvgIpc) is 2.98. The van der Waals surface area contributed by atoms with Gasteiger partial charge < -0.3 is 9.64 Å². The monoisotopic (exact) mass is 324 g/mol. The first-order valence-corrected chi connectivity index (χ1v) is 8.89. The lowest BCUT2D eigenvalue weighted by Gasteiger charge is -2.40. The Kier molecular flexibility index (Phi) is 5.50. The van der Waals surface area contributed by atoms with Gasteiger partial charge in [0.2, 0.25) is 0 Å². The second-order valence-electron chi connectivity index (χ2n) is 7.08. The van der Waals surface area contributed by atoms with Crippen LogP contribution in [0.4, 0.5) is 4.79 Å². The molecule has 0 radical (unpaired) electrons. The highest BCUT2D eigenvalue weighted by Gasteiger charge is 2.31. The molecule has 5 heteroatoms. The smallest absolute Gasteiger partial charge is 0.410 e. The minimum atomic E-state index is -0.430. The van der Waals surface area contributed by atoms with Crippen molar-refractivity contribution in [3.63, 3.8) is 0 Å². The molecule has 0 bridgehead atoms. The number of amides is 1. The Hall–Kier alpha value is -1.07. The molecule has 22 heavy (non-hydrogen) atoms. The van der Waals surface area contributed by atoms with Gasteiger partial charge in [-0.3, -0.25) is 4.90 Å². The van der Waals surface area contributed by atoms with Crippen molar-refractivity contribution < 1.29 is 9.53 Å². The van der Waals surface area contributed by atoms with Crippen molar-refractivity contribution in [1.29, 1.82) is 0 Å². The summed E-state index contributed by atoms with van der Waals surface area (Å²) in [5.41, 5.74) is -0.430. The standard InChI is InChI=1S/C17H28N2O2S/c1-13(15-9-7-11-22-15)18(5)14-8-6-10-19(12-14)16(20)21-17(2,3)4/h7,9,11,13-14H,6,8,10,12H2,1-5H3/t13-,14+/m1/s1. The lowest BCUT2D eigenvalue weighted by molar-refractivity contribution is 0.00984. The minimum Gasteiger partial charge on any atom is -0.444 e. The predicted octanol–water partition coefficient (Wildman–Crippen LogP) is 4.14. The Morgan fingerprint density at radius 3 is 2.82 bits per heavy atom. The van der Waals surface area contributed by atoms with E-state index in [0.29, 0.717) is 12.1 Å². The third-order valence-corrected chi connectivity index (χ3v) is 5.23. The molecule has 1 aromatic heterocycles. The van der Waals surface area contributed by atoms with E-state index in [9.17, 15) is 4.79 Å². The Balaban J connectivity index is 1.96. The summed E-state index contributed by atoms with van der Waals surface area (Å²) >= 11 is 1.79. The Labute approximate surface area is 138 Å². The highest BCUT2D eigenvalue weighted by atomic mass is 32.1. The van der Waals surface area contributed by atoms with Crippen LogP contribution >= 0.6 is 11.3 Å². The molecule has 1 saturated heterocycles. The number of thiophene rings is 1. The van der Waals surface area contributed by atoms with Crippen molar-refractivity contribution in [2.75, 3.05) is 20.1 Å². The topological polar surface area (TPSA) is 32.8 Å². The Bertz CT molecular complexity index is 481. The van der Waals surface area contributed by atoms with Gasteiger partial charge in [0.1, 0.15) is 5.60 Å². The average molecular weight is 324 g/mol. The SMILES string of the molecule is C[C@H](c1cccs1)N(C)[C@H]1CCCN(C(=O)OC(C)(C)C)C1. The molecule has 1 aliphatic heterocycles. The molecule has 0 aromatic carbocycles. The van der Waals surface area contributed by atoms with Gasteiger partial charge in [0.25, 0.3) is 0 Å². The largest absolute Gasteiger partial charge is 0.444 e. The molecule has 2 heterocycles. The van der Waals surface area contributed by atoms with E-state index in [4.69, 9.17) is 4.74 Å². The van der Waals surface area contributed by atoms with Crippen LogP contribution in [0.2, 0.25) is 0 Å². The molecular formula is C17H28N2O2S. The molecule has 0 saturated carbocycles. The van der Waals surface area contributed by atoms with Gasteiger partial charge in [0, 0.05) is 30.1 Å². The number of piperidine rings is 1. The van der Waals surface area contributed by atoms with Crippen LogP contribution in [0.5, 0.6) is 0 Å². The van der Waals surface area contributed by atoms with Gasteiger partial charge in [-0.05, 0) is 59.0 Å². The quantitative estimate of drug-likeness (QED) is 0.837. The number of hydrogen-bond donors (Lipinski definition) is 0. The van der Waals surface area contributed by atoms with Crippen LogP contribution in [0.3, 0.4) is 0 Å². The summed E-state index contributed by atoms with van der Waals surface area (Å²) in [6.07, 6.45) is 1.98. The zero-order valence-corrected chi connectivity index (χ0v) is 15.2. The van der Waals surface area contributed by atoms with Gasteiger partial charge in [-0.2, -0.15) is 0 Å². The van der Waals surface area contributed by atoms with Crippen LogP contribution in [0.1, 0.15) is 51.5 Å². The van der Waals surface area contributed by atoms with Crippen molar-refractivity contribution in [3.05, 3.63) is 22.4 Å². The summed E-state index contributed by atoms with van der Waals surface area (Å²) in [5, 5.41) is 2.12. The van der Waals surface area contributed by atoms with Crippen molar-refractivity contribution in [1.82, 2.24) is 9.80 Å². The van der Waals surface area contributed by atoms with Gasteiger partial charge in [-0.25, -0.2) is 4.79 Å². The molecule has 1 aliphatic rings. The summed E-state index contributed by atoms with van der Waals surface area (Å²) < 4.78 is 5.51. The second kappa shape index (κ2) is 7.01. The fourth-order valence-corrected chi connectivity index (χ4v) is 3.66. The van der Waals surface area contributed by atoms with Gasteiger partial charge >= 0.3 is 6.09 Å². The highest BCUT2D eigenvalue weighted by Crippen LogP contribution is 2.28. The van der Waals surface area contributed by atoms with Gasteiger partial charge in [-0.15, -0.1) is 11.3 Å². The summed E-state index contributed by atoms with van der Waals surface area (Å²) in [5.74, 6) is 0. The number of nitrogens with zero attached hydrogens (tertiary/aromatic N) is 2. The first-order chi connectivity index (χ1) is 10.3. The number of ether oxygens (including phenoxy) is 1. The predicted molar refractivity (Wildman–Crippen MR) is 91.3 cm³/mol. The fraction of sp³-hybridized carbons (Fsp3) is 0.706. The Morgan fingerprint density at radius 1 is 1.50 bits per heavy atom. The van der Waals surface area contributed by atoms with E-state index >= 15 is 0 Å². The third-order valence-electron chi connectivity index (χ3n) is 4.19. The minimum absolute atomic E-state index is 0.186. The molecule has 0 N–H and O–H groups in total. The maximum absolute atomic E-state index is 12.3. The van der Waals surface area contributed by atoms with E-state index in [0.717, 1.165) is 25.9 Å². The zero-order valence-electron chi connectivity index (χ0n) is 14.3. The van der Waals surface area contributed by atoms with Crippen LogP contribution in [-0.4, -0.2) is 47.7 Å². The van der Waals surface area contributed by atoms with Crippen LogP contribution in [0.15, 0.2) is 17.5 Å². The molecule has 1 aromatic rings. The Morgan fingerprint density at radius 2 is 2.23 bits per heavy atom. The van der Waals surface area contributed by atoms with E-state index in [-0.39, 0.29) is 6.09 Å². The molecule has 0 spiro atoms. The number of likely N-dealkylation sites (N-methyl/N-ethyl adjacent to an activating group) is 1. The first-order valence-electron chi connectivity index (χ1n) is 8.01. The van der Waals surface area contributed by atoms with Gasteiger partial charge in [0.15, 0.2) is 0 Å². The summed E-state index contributed by atoms with van der Waals surface area (Å²) in [6.45, 7) is 9.53. The van der Waals surface area contributed by atoms with E-state index in [1.54, 1.807) is 11.3 Å². The summed E-state index contributed by atoms with van der Waals surface area (Å²) in [4.78, 5) is 17.9. The normalized spacial score (nSPS) is 21.0. The number of carbonyl (C=O) groups is 1. The number of hydrogen-bond acceptors (Lipinski definition) is 4. The van der Waals surface area contributed by atoms with Crippen molar-refractivity contribution in [2.45, 2.75) is 58.2 Å². The lowest BCUT2D eigenvalue weighted by Crippen LogP contribution is -2.50. The lowest BCUT2D eigenvalue weighted by atomic mass is 10.0. The second-order valence-corrected chi connectivity index (χ2v) is 8.06. The van der Waals surface area contributed by atoms with Crippen molar-refractivity contribution in [3.8, 4) is 0 Å². The van der Waals surface area contributed by atoms with Crippen LogP contribution < -0.4 is 0 Å². The molecule has 2 rings (SSSR count). The van der Waals surface area contributed by atoms with E-state index in [2.05, 4.69) is 36.4 Å². The maximum Gasteiger partial charge on any atom is 0.410 e. The number of carbonyl (C=O) groups excluding carboxylic acids is 1. The molecule has 0 aliphatic carbocycles. The third kappa shape index (κ3) is 4.46. The summed E-state index contributed by atoms with van der Waals surface area (Å²) in [7, 11) is 2.16. The summed E-state index contributed by atoms with van der Waals surface area (Å²) in [6, 6.07) is 5.04. The van der Waals surface area contributed by atoms with E-state index < -0.39 is 5.60 Å². The molecule has 4 nitrogen and oxygen atoms in total. The molecule has 1 fully saturated rings. The molecule has 0 unspecified atom stereocenters. The number of likely N-dealkylation sites (tertiary alicyclic amines) is 1. The van der Waals surface area contributed by atoms with E-state index in [1.807, 2.05) is 25.7 Å².